The Labute approximate surface area is 60.5 Å². The van der Waals surface area contributed by atoms with E-state index >= 15 is 0 Å². The SMILES string of the molecule is [C]1=c2ccccc2=CCC1. The molecule has 0 heterocycles. The highest BCUT2D eigenvalue weighted by molar-refractivity contribution is 5.37. The molecule has 0 nitrogen and oxygen atoms in total. The molecule has 0 aliphatic heterocycles. The highest BCUT2D eigenvalue weighted by Gasteiger charge is 1.89. The lowest BCUT2D eigenvalue weighted by molar-refractivity contribution is 1.12. The lowest BCUT2D eigenvalue weighted by Gasteiger charge is -1.96. The van der Waals surface area contributed by atoms with E-state index in [9.17, 15) is 0 Å². The maximum atomic E-state index is 3.33. The topological polar surface area (TPSA) is 0 Å². The standard InChI is InChI=1S/C10H9/c1-2-6-10-8-4-3-7-9(10)5-1/h1-2,5-7H,3-4H2. The van der Waals surface area contributed by atoms with E-state index in [1.54, 1.807) is 0 Å². The second-order valence-corrected chi connectivity index (χ2v) is 2.51. The van der Waals surface area contributed by atoms with Gasteiger partial charge in [-0.2, -0.15) is 0 Å². The molecule has 1 radical (unpaired) electrons. The molecule has 1 aromatic carbocycles. The maximum absolute atomic E-state index is 3.33. The Morgan fingerprint density at radius 1 is 1.20 bits per heavy atom. The Morgan fingerprint density at radius 3 is 3.00 bits per heavy atom. The zero-order chi connectivity index (χ0) is 6.81. The van der Waals surface area contributed by atoms with E-state index < -0.39 is 0 Å². The van der Waals surface area contributed by atoms with E-state index in [0.29, 0.717) is 0 Å². The molecule has 49 valence electrons. The van der Waals surface area contributed by atoms with Gasteiger partial charge in [-0.15, -0.1) is 0 Å². The van der Waals surface area contributed by atoms with Crippen LogP contribution in [0, 0.1) is 0 Å². The Bertz CT molecular complexity index is 298. The molecule has 0 unspecified atom stereocenters. The first-order valence-electron chi connectivity index (χ1n) is 3.63. The van der Waals surface area contributed by atoms with Gasteiger partial charge >= 0.3 is 0 Å². The van der Waals surface area contributed by atoms with E-state index in [0.717, 1.165) is 12.8 Å². The van der Waals surface area contributed by atoms with Crippen molar-refractivity contribution in [2.75, 3.05) is 0 Å². The van der Waals surface area contributed by atoms with Crippen molar-refractivity contribution >= 4 is 12.2 Å². The van der Waals surface area contributed by atoms with Crippen LogP contribution >= 0.6 is 0 Å². The van der Waals surface area contributed by atoms with Crippen molar-refractivity contribution in [3.05, 3.63) is 34.7 Å². The Kier molecular flexibility index (Phi) is 1.31. The molecule has 0 saturated heterocycles. The van der Waals surface area contributed by atoms with Crippen molar-refractivity contribution in [3.8, 4) is 0 Å². The molecule has 0 aromatic heterocycles. The van der Waals surface area contributed by atoms with Crippen LogP contribution in [0.25, 0.3) is 12.2 Å². The highest BCUT2D eigenvalue weighted by Crippen LogP contribution is 1.93. The summed E-state index contributed by atoms with van der Waals surface area (Å²) in [7, 11) is 0. The monoisotopic (exact) mass is 129 g/mol. The molecule has 0 atom stereocenters. The lowest BCUT2D eigenvalue weighted by atomic mass is 10.1. The van der Waals surface area contributed by atoms with Crippen molar-refractivity contribution in [1.82, 2.24) is 0 Å². The molecular weight excluding hydrogens is 120 g/mol. The molecular formula is C10H9. The van der Waals surface area contributed by atoms with Gasteiger partial charge in [0.15, 0.2) is 0 Å². The van der Waals surface area contributed by atoms with E-state index in [1.807, 2.05) is 0 Å². The van der Waals surface area contributed by atoms with Crippen LogP contribution in [0.2, 0.25) is 0 Å². The fourth-order valence-corrected chi connectivity index (χ4v) is 1.27. The second-order valence-electron chi connectivity index (χ2n) is 2.51. The van der Waals surface area contributed by atoms with Gasteiger partial charge in [-0.05, 0) is 29.4 Å². The molecule has 0 saturated carbocycles. The Morgan fingerprint density at radius 2 is 2.10 bits per heavy atom. The fraction of sp³-hybridized carbons (Fsp3) is 0.200. The number of hydrogen-bond donors (Lipinski definition) is 0. The first kappa shape index (κ1) is 5.72. The first-order valence-corrected chi connectivity index (χ1v) is 3.63. The smallest absolute Gasteiger partial charge is 0.0152 e. The molecule has 0 bridgehead atoms. The molecule has 2 rings (SSSR count). The normalized spacial score (nSPS) is 14.8. The average molecular weight is 129 g/mol. The Hall–Kier alpha value is -1.04. The second kappa shape index (κ2) is 2.30. The van der Waals surface area contributed by atoms with Gasteiger partial charge in [-0.1, -0.05) is 30.3 Å². The minimum absolute atomic E-state index is 1.08. The fourth-order valence-electron chi connectivity index (χ4n) is 1.27. The van der Waals surface area contributed by atoms with Crippen molar-refractivity contribution in [2.45, 2.75) is 12.8 Å². The molecule has 0 fully saturated rings. The van der Waals surface area contributed by atoms with Gasteiger partial charge in [0, 0.05) is 0 Å². The number of rotatable bonds is 0. The average Bonchev–Trinajstić information content (AvgIpc) is 2.05. The van der Waals surface area contributed by atoms with Crippen molar-refractivity contribution in [2.24, 2.45) is 0 Å². The molecule has 0 amide bonds. The maximum Gasteiger partial charge on any atom is -0.0152 e. The van der Waals surface area contributed by atoms with Crippen LogP contribution in [0.1, 0.15) is 12.8 Å². The van der Waals surface area contributed by atoms with Crippen LogP contribution in [0.5, 0.6) is 0 Å². The van der Waals surface area contributed by atoms with Crippen LogP contribution < -0.4 is 10.4 Å². The van der Waals surface area contributed by atoms with Crippen LogP contribution in [-0.2, 0) is 0 Å². The predicted octanol–water partition coefficient (Wildman–Crippen LogP) is 0.918. The van der Waals surface area contributed by atoms with Crippen molar-refractivity contribution in [1.29, 1.82) is 0 Å². The molecule has 1 aliphatic carbocycles. The summed E-state index contributed by atoms with van der Waals surface area (Å²) < 4.78 is 0. The summed E-state index contributed by atoms with van der Waals surface area (Å²) in [6.07, 6.45) is 7.83. The predicted molar refractivity (Wildman–Crippen MR) is 42.8 cm³/mol. The number of hydrogen-bond acceptors (Lipinski definition) is 0. The molecule has 0 spiro atoms. The largest absolute Gasteiger partial charge is 0.0763 e. The van der Waals surface area contributed by atoms with Gasteiger partial charge in [0.1, 0.15) is 0 Å². The van der Waals surface area contributed by atoms with Gasteiger partial charge in [-0.3, -0.25) is 0 Å². The van der Waals surface area contributed by atoms with E-state index in [2.05, 4.69) is 36.4 Å². The van der Waals surface area contributed by atoms with Gasteiger partial charge in [0.25, 0.3) is 0 Å². The minimum Gasteiger partial charge on any atom is -0.0763 e. The number of benzene rings is 1. The minimum atomic E-state index is 1.08. The highest BCUT2D eigenvalue weighted by atomic mass is 13.9. The summed E-state index contributed by atoms with van der Waals surface area (Å²) in [6.45, 7) is 0. The van der Waals surface area contributed by atoms with Crippen LogP contribution in [0.15, 0.2) is 24.3 Å². The van der Waals surface area contributed by atoms with Crippen LogP contribution in [-0.4, -0.2) is 0 Å². The quantitative estimate of drug-likeness (QED) is 0.488. The zero-order valence-electron chi connectivity index (χ0n) is 5.80. The molecule has 1 aliphatic rings. The summed E-state index contributed by atoms with van der Waals surface area (Å²) >= 11 is 0. The summed E-state index contributed by atoms with van der Waals surface area (Å²) in [5.41, 5.74) is 0. The summed E-state index contributed by atoms with van der Waals surface area (Å²) in [6, 6.07) is 8.39. The van der Waals surface area contributed by atoms with E-state index in [4.69, 9.17) is 0 Å². The molecule has 0 heteroatoms. The third kappa shape index (κ3) is 0.860. The van der Waals surface area contributed by atoms with E-state index in [1.165, 1.54) is 10.4 Å². The first-order chi connectivity index (χ1) is 4.97. The van der Waals surface area contributed by atoms with Crippen molar-refractivity contribution in [3.63, 3.8) is 0 Å². The van der Waals surface area contributed by atoms with Gasteiger partial charge in [-0.25, -0.2) is 0 Å². The van der Waals surface area contributed by atoms with E-state index in [-0.39, 0.29) is 0 Å². The van der Waals surface area contributed by atoms with Gasteiger partial charge in [0.05, 0.1) is 0 Å². The summed E-state index contributed by atoms with van der Waals surface area (Å²) in [5, 5.41) is 2.61. The summed E-state index contributed by atoms with van der Waals surface area (Å²) in [4.78, 5) is 0. The number of fused-ring (bicyclic) bond motifs is 1. The molecule has 1 aromatic rings. The summed E-state index contributed by atoms with van der Waals surface area (Å²) in [5.74, 6) is 0. The van der Waals surface area contributed by atoms with Gasteiger partial charge in [0.2, 0.25) is 0 Å². The van der Waals surface area contributed by atoms with Crippen LogP contribution in [0.4, 0.5) is 0 Å². The van der Waals surface area contributed by atoms with Crippen LogP contribution in [0.3, 0.4) is 0 Å². The van der Waals surface area contributed by atoms with Crippen molar-refractivity contribution < 1.29 is 0 Å². The molecule has 0 N–H and O–H groups in total. The third-order valence-electron chi connectivity index (χ3n) is 1.78. The van der Waals surface area contributed by atoms with Gasteiger partial charge < -0.3 is 0 Å². The lowest BCUT2D eigenvalue weighted by Crippen LogP contribution is -2.25. The zero-order valence-corrected chi connectivity index (χ0v) is 5.80. The Balaban J connectivity index is 2.84. The third-order valence-corrected chi connectivity index (χ3v) is 1.78. The molecule has 10 heavy (non-hydrogen) atoms.